The van der Waals surface area contributed by atoms with E-state index in [0.717, 1.165) is 12.5 Å². The highest BCUT2D eigenvalue weighted by Gasteiger charge is 2.19. The lowest BCUT2D eigenvalue weighted by Gasteiger charge is -2.28. The van der Waals surface area contributed by atoms with E-state index in [4.69, 9.17) is 0 Å². The Labute approximate surface area is 113 Å². The van der Waals surface area contributed by atoms with Crippen molar-refractivity contribution in [2.45, 2.75) is 58.9 Å². The van der Waals surface area contributed by atoms with E-state index >= 15 is 0 Å². The van der Waals surface area contributed by atoms with Gasteiger partial charge in [-0.3, -0.25) is 0 Å². The summed E-state index contributed by atoms with van der Waals surface area (Å²) < 4.78 is 0. The molecule has 1 N–H and O–H groups in total. The van der Waals surface area contributed by atoms with Crippen LogP contribution in [0.5, 0.6) is 0 Å². The maximum Gasteiger partial charge on any atom is 0.0136 e. The Morgan fingerprint density at radius 2 is 1.72 bits per heavy atom. The van der Waals surface area contributed by atoms with Crippen molar-refractivity contribution in [1.82, 2.24) is 5.32 Å². The lowest BCUT2D eigenvalue weighted by Crippen LogP contribution is -2.35. The van der Waals surface area contributed by atoms with Gasteiger partial charge in [0.05, 0.1) is 0 Å². The average molecular weight is 247 g/mol. The summed E-state index contributed by atoms with van der Waals surface area (Å²) >= 11 is 0. The molecule has 1 nitrogen and oxygen atoms in total. The first kappa shape index (κ1) is 15.2. The average Bonchev–Trinajstić information content (AvgIpc) is 2.43. The van der Waals surface area contributed by atoms with E-state index in [-0.39, 0.29) is 0 Å². The molecule has 0 amide bonds. The molecule has 0 saturated heterocycles. The van der Waals surface area contributed by atoms with Crippen LogP contribution in [-0.2, 0) is 0 Å². The molecule has 3 unspecified atom stereocenters. The van der Waals surface area contributed by atoms with E-state index in [1.54, 1.807) is 0 Å². The molecule has 0 heterocycles. The lowest BCUT2D eigenvalue weighted by atomic mass is 9.86. The van der Waals surface area contributed by atoms with Crippen LogP contribution in [0.2, 0.25) is 0 Å². The minimum Gasteiger partial charge on any atom is -0.313 e. The van der Waals surface area contributed by atoms with Crippen LogP contribution in [0.4, 0.5) is 0 Å². The molecule has 0 aliphatic carbocycles. The van der Waals surface area contributed by atoms with E-state index in [2.05, 4.69) is 63.3 Å². The molecule has 3 atom stereocenters. The second-order valence-electron chi connectivity index (χ2n) is 5.51. The summed E-state index contributed by atoms with van der Waals surface area (Å²) in [5.41, 5.74) is 1.45. The van der Waals surface area contributed by atoms with Crippen molar-refractivity contribution in [2.75, 3.05) is 6.54 Å². The molecular weight excluding hydrogens is 218 g/mol. The Bertz CT molecular complexity index is 307. The summed E-state index contributed by atoms with van der Waals surface area (Å²) in [6, 6.07) is 11.5. The van der Waals surface area contributed by atoms with Crippen LogP contribution in [-0.4, -0.2) is 12.6 Å². The fourth-order valence-electron chi connectivity index (χ4n) is 2.38. The Morgan fingerprint density at radius 3 is 2.28 bits per heavy atom. The van der Waals surface area contributed by atoms with Gasteiger partial charge in [0.25, 0.3) is 0 Å². The van der Waals surface area contributed by atoms with Crippen LogP contribution in [0.1, 0.15) is 58.4 Å². The van der Waals surface area contributed by atoms with E-state index in [1.165, 1.54) is 24.8 Å². The molecule has 0 aromatic heterocycles. The first-order valence-corrected chi connectivity index (χ1v) is 7.47. The molecule has 0 saturated carbocycles. The van der Waals surface area contributed by atoms with Gasteiger partial charge in [-0.05, 0) is 36.8 Å². The zero-order valence-electron chi connectivity index (χ0n) is 12.4. The molecule has 1 rings (SSSR count). The number of nitrogens with one attached hydrogen (secondary N) is 1. The van der Waals surface area contributed by atoms with Crippen LogP contribution >= 0.6 is 0 Å². The minimum absolute atomic E-state index is 0.590. The standard InChI is InChI=1S/C17H29N/c1-5-12-18-17(13-14(3)6-2)15(4)16-10-8-7-9-11-16/h7-11,14-15,17-18H,5-6,12-13H2,1-4H3. The predicted molar refractivity (Wildman–Crippen MR) is 81.0 cm³/mol. The second-order valence-corrected chi connectivity index (χ2v) is 5.51. The molecule has 0 fully saturated rings. The van der Waals surface area contributed by atoms with Gasteiger partial charge < -0.3 is 5.32 Å². The molecule has 0 spiro atoms. The van der Waals surface area contributed by atoms with Crippen LogP contribution in [0.15, 0.2) is 30.3 Å². The topological polar surface area (TPSA) is 12.0 Å². The zero-order chi connectivity index (χ0) is 13.4. The molecular formula is C17H29N. The van der Waals surface area contributed by atoms with Gasteiger partial charge in [0, 0.05) is 6.04 Å². The second kappa shape index (κ2) is 8.31. The van der Waals surface area contributed by atoms with Gasteiger partial charge >= 0.3 is 0 Å². The van der Waals surface area contributed by atoms with Gasteiger partial charge in [-0.25, -0.2) is 0 Å². The van der Waals surface area contributed by atoms with Crippen LogP contribution in [0.3, 0.4) is 0 Å². The first-order valence-electron chi connectivity index (χ1n) is 7.47. The summed E-state index contributed by atoms with van der Waals surface area (Å²) in [7, 11) is 0. The van der Waals surface area contributed by atoms with Crippen molar-refractivity contribution in [3.63, 3.8) is 0 Å². The molecule has 0 radical (unpaired) electrons. The SMILES string of the molecule is CCCNC(CC(C)CC)C(C)c1ccccc1. The third-order valence-electron chi connectivity index (χ3n) is 3.94. The molecule has 102 valence electrons. The highest BCUT2D eigenvalue weighted by Crippen LogP contribution is 2.24. The zero-order valence-corrected chi connectivity index (χ0v) is 12.4. The predicted octanol–water partition coefficient (Wildman–Crippen LogP) is 4.59. The van der Waals surface area contributed by atoms with E-state index in [9.17, 15) is 0 Å². The Kier molecular flexibility index (Phi) is 7.04. The summed E-state index contributed by atoms with van der Waals surface area (Å²) in [5.74, 6) is 1.39. The molecule has 0 aliphatic heterocycles. The maximum atomic E-state index is 3.73. The van der Waals surface area contributed by atoms with Crippen molar-refractivity contribution in [2.24, 2.45) is 5.92 Å². The highest BCUT2D eigenvalue weighted by atomic mass is 14.9. The molecule has 0 aliphatic rings. The molecule has 0 bridgehead atoms. The number of benzene rings is 1. The van der Waals surface area contributed by atoms with Crippen molar-refractivity contribution in [1.29, 1.82) is 0 Å². The van der Waals surface area contributed by atoms with Gasteiger partial charge in [-0.2, -0.15) is 0 Å². The van der Waals surface area contributed by atoms with Gasteiger partial charge in [0.1, 0.15) is 0 Å². The molecule has 1 aromatic carbocycles. The van der Waals surface area contributed by atoms with Crippen LogP contribution in [0, 0.1) is 5.92 Å². The van der Waals surface area contributed by atoms with Gasteiger partial charge in [0.2, 0.25) is 0 Å². The molecule has 18 heavy (non-hydrogen) atoms. The van der Waals surface area contributed by atoms with Gasteiger partial charge in [-0.1, -0.05) is 64.4 Å². The molecule has 1 aromatic rings. The number of hydrogen-bond donors (Lipinski definition) is 1. The van der Waals surface area contributed by atoms with Gasteiger partial charge in [0.15, 0.2) is 0 Å². The smallest absolute Gasteiger partial charge is 0.0136 e. The monoisotopic (exact) mass is 247 g/mol. The van der Waals surface area contributed by atoms with Gasteiger partial charge in [-0.15, -0.1) is 0 Å². The molecule has 1 heteroatoms. The number of rotatable bonds is 8. The van der Waals surface area contributed by atoms with Crippen molar-refractivity contribution in [3.05, 3.63) is 35.9 Å². The Balaban J connectivity index is 2.68. The Morgan fingerprint density at radius 1 is 1.06 bits per heavy atom. The van der Waals surface area contributed by atoms with Crippen LogP contribution < -0.4 is 5.32 Å². The third-order valence-corrected chi connectivity index (χ3v) is 3.94. The summed E-state index contributed by atoms with van der Waals surface area (Å²) in [5, 5.41) is 3.73. The quantitative estimate of drug-likeness (QED) is 0.708. The third kappa shape index (κ3) is 4.81. The lowest BCUT2D eigenvalue weighted by molar-refractivity contribution is 0.357. The highest BCUT2D eigenvalue weighted by molar-refractivity contribution is 5.20. The number of hydrogen-bond acceptors (Lipinski definition) is 1. The van der Waals surface area contributed by atoms with Crippen molar-refractivity contribution < 1.29 is 0 Å². The normalized spacial score (nSPS) is 16.2. The summed E-state index contributed by atoms with van der Waals surface area (Å²) in [6.45, 7) is 10.4. The van der Waals surface area contributed by atoms with E-state index < -0.39 is 0 Å². The minimum atomic E-state index is 0.590. The van der Waals surface area contributed by atoms with Crippen molar-refractivity contribution in [3.8, 4) is 0 Å². The van der Waals surface area contributed by atoms with Crippen molar-refractivity contribution >= 4 is 0 Å². The Hall–Kier alpha value is -0.820. The fraction of sp³-hybridized carbons (Fsp3) is 0.647. The van der Waals surface area contributed by atoms with Crippen LogP contribution in [0.25, 0.3) is 0 Å². The van der Waals surface area contributed by atoms with E-state index in [1.807, 2.05) is 0 Å². The first-order chi connectivity index (χ1) is 8.69. The van der Waals surface area contributed by atoms with E-state index in [0.29, 0.717) is 12.0 Å². The fourth-order valence-corrected chi connectivity index (χ4v) is 2.38. The summed E-state index contributed by atoms with van der Waals surface area (Å²) in [6.07, 6.45) is 3.75. The maximum absolute atomic E-state index is 3.73. The largest absolute Gasteiger partial charge is 0.313 e. The summed E-state index contributed by atoms with van der Waals surface area (Å²) in [4.78, 5) is 0.